The molecule has 0 aliphatic carbocycles. The average Bonchev–Trinajstić information content (AvgIpc) is 3.09. The highest BCUT2D eigenvalue weighted by molar-refractivity contribution is 5.87. The molecule has 0 aliphatic rings. The molecule has 1 aromatic heterocycles. The number of carbonyl (C=O) groups excluding carboxylic acids is 2. The highest BCUT2D eigenvalue weighted by Crippen LogP contribution is 2.19. The van der Waals surface area contributed by atoms with Gasteiger partial charge >= 0.3 is 5.97 Å². The third-order valence-corrected chi connectivity index (χ3v) is 4.10. The van der Waals surface area contributed by atoms with E-state index in [2.05, 4.69) is 10.3 Å². The van der Waals surface area contributed by atoms with Gasteiger partial charge in [0, 0.05) is 23.5 Å². The predicted molar refractivity (Wildman–Crippen MR) is 97.8 cm³/mol. The van der Waals surface area contributed by atoms with Gasteiger partial charge in [-0.15, -0.1) is 0 Å². The van der Waals surface area contributed by atoms with Crippen molar-refractivity contribution in [1.82, 2.24) is 10.3 Å². The summed E-state index contributed by atoms with van der Waals surface area (Å²) >= 11 is 0. The molecule has 6 nitrogen and oxygen atoms in total. The van der Waals surface area contributed by atoms with Crippen molar-refractivity contribution in [3.63, 3.8) is 0 Å². The first kappa shape index (κ1) is 18.4. The van der Waals surface area contributed by atoms with E-state index in [1.54, 1.807) is 0 Å². The van der Waals surface area contributed by atoms with Gasteiger partial charge in [-0.05, 0) is 35.9 Å². The van der Waals surface area contributed by atoms with Crippen molar-refractivity contribution in [2.75, 3.05) is 13.7 Å². The van der Waals surface area contributed by atoms with Crippen LogP contribution in [0.3, 0.4) is 0 Å². The number of aromatic nitrogens is 1. The largest absolute Gasteiger partial charge is 0.484 e. The van der Waals surface area contributed by atoms with E-state index in [0.717, 1.165) is 16.5 Å². The van der Waals surface area contributed by atoms with Crippen LogP contribution in [0.25, 0.3) is 10.9 Å². The summed E-state index contributed by atoms with van der Waals surface area (Å²) in [4.78, 5) is 27.4. The second-order valence-corrected chi connectivity index (χ2v) is 5.95. The average molecular weight is 370 g/mol. The molecule has 2 N–H and O–H groups in total. The molecule has 0 spiro atoms. The molecule has 0 fully saturated rings. The van der Waals surface area contributed by atoms with Gasteiger partial charge in [0.15, 0.2) is 6.61 Å². The lowest BCUT2D eigenvalue weighted by Gasteiger charge is -2.16. The van der Waals surface area contributed by atoms with Gasteiger partial charge in [-0.3, -0.25) is 4.79 Å². The maximum atomic E-state index is 12.9. The first-order chi connectivity index (χ1) is 13.1. The minimum atomic E-state index is -0.849. The molecule has 1 amide bonds. The quantitative estimate of drug-likeness (QED) is 0.627. The van der Waals surface area contributed by atoms with Crippen molar-refractivity contribution in [3.8, 4) is 5.75 Å². The Balaban J connectivity index is 1.65. The monoisotopic (exact) mass is 370 g/mol. The number of nitrogens with one attached hydrogen (secondary N) is 2. The Kier molecular flexibility index (Phi) is 5.71. The van der Waals surface area contributed by atoms with E-state index in [9.17, 15) is 14.0 Å². The van der Waals surface area contributed by atoms with Crippen molar-refractivity contribution in [2.24, 2.45) is 0 Å². The Morgan fingerprint density at radius 3 is 2.63 bits per heavy atom. The van der Waals surface area contributed by atoms with Crippen LogP contribution in [0, 0.1) is 5.82 Å². The van der Waals surface area contributed by atoms with Gasteiger partial charge in [-0.25, -0.2) is 9.18 Å². The zero-order chi connectivity index (χ0) is 19.2. The molecule has 1 atom stereocenters. The van der Waals surface area contributed by atoms with Crippen LogP contribution in [0.15, 0.2) is 54.7 Å². The summed E-state index contributed by atoms with van der Waals surface area (Å²) in [5, 5.41) is 3.60. The number of amides is 1. The van der Waals surface area contributed by atoms with E-state index in [4.69, 9.17) is 9.47 Å². The van der Waals surface area contributed by atoms with Crippen LogP contribution >= 0.6 is 0 Å². The molecule has 140 valence electrons. The predicted octanol–water partition coefficient (Wildman–Crippen LogP) is 2.59. The van der Waals surface area contributed by atoms with Gasteiger partial charge in [0.25, 0.3) is 5.91 Å². The second kappa shape index (κ2) is 8.35. The van der Waals surface area contributed by atoms with E-state index in [-0.39, 0.29) is 13.0 Å². The minimum absolute atomic E-state index is 0.277. The Labute approximate surface area is 155 Å². The molecule has 0 saturated heterocycles. The fourth-order valence-corrected chi connectivity index (χ4v) is 2.77. The number of benzene rings is 2. The van der Waals surface area contributed by atoms with E-state index >= 15 is 0 Å². The van der Waals surface area contributed by atoms with Gasteiger partial charge in [0.05, 0.1) is 7.11 Å². The first-order valence-corrected chi connectivity index (χ1v) is 8.37. The van der Waals surface area contributed by atoms with Gasteiger partial charge in [0.1, 0.15) is 17.6 Å². The van der Waals surface area contributed by atoms with Crippen molar-refractivity contribution in [1.29, 1.82) is 0 Å². The van der Waals surface area contributed by atoms with Crippen molar-refractivity contribution >= 4 is 22.8 Å². The number of aromatic amines is 1. The van der Waals surface area contributed by atoms with Crippen LogP contribution in [-0.2, 0) is 20.7 Å². The van der Waals surface area contributed by atoms with Crippen LogP contribution in [0.4, 0.5) is 4.39 Å². The number of H-pyrrole nitrogens is 1. The summed E-state index contributed by atoms with van der Waals surface area (Å²) in [6.07, 6.45) is 2.08. The normalized spacial score (nSPS) is 11.8. The maximum absolute atomic E-state index is 12.9. The third kappa shape index (κ3) is 4.63. The molecule has 3 rings (SSSR count). The number of rotatable bonds is 7. The number of methoxy groups -OCH3 is 1. The standard InChI is InChI=1S/C20H19FN2O4/c1-26-20(25)18(10-13-11-22-17-5-3-2-4-16(13)17)23-19(24)12-27-15-8-6-14(21)7-9-15/h2-9,11,18,22H,10,12H2,1H3,(H,23,24)/t18-/m0/s1. The number of ether oxygens (including phenoxy) is 2. The lowest BCUT2D eigenvalue weighted by atomic mass is 10.0. The Bertz CT molecular complexity index is 937. The van der Waals surface area contributed by atoms with E-state index in [1.165, 1.54) is 31.4 Å². The molecular formula is C20H19FN2O4. The van der Waals surface area contributed by atoms with E-state index < -0.39 is 23.7 Å². The van der Waals surface area contributed by atoms with Gasteiger partial charge in [-0.2, -0.15) is 0 Å². The number of hydrogen-bond acceptors (Lipinski definition) is 4. The summed E-state index contributed by atoms with van der Waals surface area (Å²) in [6.45, 7) is -0.299. The van der Waals surface area contributed by atoms with Crippen LogP contribution in [-0.4, -0.2) is 36.6 Å². The van der Waals surface area contributed by atoms with Crippen molar-refractivity contribution in [3.05, 3.63) is 66.1 Å². The lowest BCUT2D eigenvalue weighted by molar-refractivity contribution is -0.145. The van der Waals surface area contributed by atoms with Crippen LogP contribution < -0.4 is 10.1 Å². The van der Waals surface area contributed by atoms with E-state index in [0.29, 0.717) is 5.75 Å². The van der Waals surface area contributed by atoms with Gasteiger partial charge in [0.2, 0.25) is 0 Å². The summed E-state index contributed by atoms with van der Waals surface area (Å²) < 4.78 is 23.0. The second-order valence-electron chi connectivity index (χ2n) is 5.95. The molecule has 0 unspecified atom stereocenters. The van der Waals surface area contributed by atoms with Crippen molar-refractivity contribution < 1.29 is 23.5 Å². The third-order valence-electron chi connectivity index (χ3n) is 4.10. The van der Waals surface area contributed by atoms with Crippen LogP contribution in [0.1, 0.15) is 5.56 Å². The number of halogens is 1. The number of esters is 1. The molecule has 3 aromatic rings. The highest BCUT2D eigenvalue weighted by atomic mass is 19.1. The molecule has 1 heterocycles. The van der Waals surface area contributed by atoms with Gasteiger partial charge < -0.3 is 19.8 Å². The molecular weight excluding hydrogens is 351 g/mol. The van der Waals surface area contributed by atoms with Crippen molar-refractivity contribution in [2.45, 2.75) is 12.5 Å². The Hall–Kier alpha value is -3.35. The smallest absolute Gasteiger partial charge is 0.328 e. The Morgan fingerprint density at radius 1 is 1.15 bits per heavy atom. The highest BCUT2D eigenvalue weighted by Gasteiger charge is 2.23. The molecule has 27 heavy (non-hydrogen) atoms. The minimum Gasteiger partial charge on any atom is -0.484 e. The van der Waals surface area contributed by atoms with E-state index in [1.807, 2.05) is 30.5 Å². The molecule has 0 bridgehead atoms. The molecule has 0 saturated carbocycles. The molecule has 2 aromatic carbocycles. The molecule has 0 radical (unpaired) electrons. The fraction of sp³-hybridized carbons (Fsp3) is 0.200. The van der Waals surface area contributed by atoms with Crippen LogP contribution in [0.5, 0.6) is 5.75 Å². The number of hydrogen-bond donors (Lipinski definition) is 2. The number of carbonyl (C=O) groups is 2. The zero-order valence-electron chi connectivity index (χ0n) is 14.7. The first-order valence-electron chi connectivity index (χ1n) is 8.37. The van der Waals surface area contributed by atoms with Gasteiger partial charge in [-0.1, -0.05) is 18.2 Å². The fourth-order valence-electron chi connectivity index (χ4n) is 2.77. The SMILES string of the molecule is COC(=O)[C@H](Cc1c[nH]c2ccccc12)NC(=O)COc1ccc(F)cc1. The zero-order valence-corrected chi connectivity index (χ0v) is 14.7. The summed E-state index contributed by atoms with van der Waals surface area (Å²) in [6, 6.07) is 12.2. The van der Waals surface area contributed by atoms with Crippen LogP contribution in [0.2, 0.25) is 0 Å². The molecule has 0 aliphatic heterocycles. The Morgan fingerprint density at radius 2 is 1.89 bits per heavy atom. The summed E-state index contributed by atoms with van der Waals surface area (Å²) in [7, 11) is 1.27. The topological polar surface area (TPSA) is 80.4 Å². The number of para-hydroxylation sites is 1. The maximum Gasteiger partial charge on any atom is 0.328 e. The summed E-state index contributed by atoms with van der Waals surface area (Å²) in [5.74, 6) is -1.06. The number of fused-ring (bicyclic) bond motifs is 1. The molecule has 7 heteroatoms. The lowest BCUT2D eigenvalue weighted by Crippen LogP contribution is -2.44. The summed E-state index contributed by atoms with van der Waals surface area (Å²) in [5.41, 5.74) is 1.84.